The van der Waals surface area contributed by atoms with Gasteiger partial charge < -0.3 is 24.1 Å². The number of aliphatic hydroxyl groups is 1. The van der Waals surface area contributed by atoms with Gasteiger partial charge in [-0.25, -0.2) is 10.2 Å². The normalized spacial score (nSPS) is 12.3. The van der Waals surface area contributed by atoms with Crippen molar-refractivity contribution in [3.05, 3.63) is 119 Å². The van der Waals surface area contributed by atoms with Crippen LogP contribution >= 0.6 is 0 Å². The molecule has 0 atom stereocenters. The van der Waals surface area contributed by atoms with Crippen molar-refractivity contribution < 1.29 is 33.6 Å². The van der Waals surface area contributed by atoms with Gasteiger partial charge in [0.2, 0.25) is 6.79 Å². The number of nitrogens with zero attached hydrogens (tertiary/aromatic N) is 1. The topological polar surface area (TPSA) is 116 Å². The Labute approximate surface area is 224 Å². The number of amides is 1. The Balaban J connectivity index is 1.30. The van der Waals surface area contributed by atoms with Crippen LogP contribution in [0.1, 0.15) is 27.0 Å². The van der Waals surface area contributed by atoms with Gasteiger partial charge in [-0.2, -0.15) is 5.10 Å². The molecule has 0 radical (unpaired) electrons. The molecule has 0 bridgehead atoms. The lowest BCUT2D eigenvalue weighted by atomic mass is 9.85. The maximum absolute atomic E-state index is 13.2. The van der Waals surface area contributed by atoms with Gasteiger partial charge >= 0.3 is 5.97 Å². The van der Waals surface area contributed by atoms with Crippen molar-refractivity contribution in [1.82, 2.24) is 5.43 Å². The molecule has 39 heavy (non-hydrogen) atoms. The van der Waals surface area contributed by atoms with Crippen molar-refractivity contribution in [3.8, 4) is 23.0 Å². The molecule has 4 aromatic carbocycles. The number of nitrogens with one attached hydrogen (secondary N) is 1. The number of rotatable bonds is 8. The summed E-state index contributed by atoms with van der Waals surface area (Å²) in [6.45, 7) is 0.100. The largest absolute Gasteiger partial charge is 0.493 e. The molecule has 9 heteroatoms. The van der Waals surface area contributed by atoms with E-state index in [2.05, 4.69) is 10.5 Å². The van der Waals surface area contributed by atoms with Crippen molar-refractivity contribution in [3.63, 3.8) is 0 Å². The summed E-state index contributed by atoms with van der Waals surface area (Å²) >= 11 is 0. The number of hydrogen-bond acceptors (Lipinski definition) is 8. The number of ether oxygens (including phenoxy) is 4. The fourth-order valence-electron chi connectivity index (χ4n) is 4.07. The molecule has 2 N–H and O–H groups in total. The summed E-state index contributed by atoms with van der Waals surface area (Å²) < 4.78 is 21.5. The summed E-state index contributed by atoms with van der Waals surface area (Å²) in [5.74, 6) is 0.189. The van der Waals surface area contributed by atoms with Crippen molar-refractivity contribution in [2.45, 2.75) is 5.60 Å². The van der Waals surface area contributed by atoms with Crippen LogP contribution in [0.15, 0.2) is 102 Å². The van der Waals surface area contributed by atoms with Crippen LogP contribution in [0.5, 0.6) is 23.0 Å². The molecule has 0 fully saturated rings. The second-order valence-electron chi connectivity index (χ2n) is 8.51. The van der Waals surface area contributed by atoms with Crippen molar-refractivity contribution in [1.29, 1.82) is 0 Å². The Hall–Kier alpha value is -5.15. The number of hydrogen-bond donors (Lipinski definition) is 2. The average Bonchev–Trinajstić information content (AvgIpc) is 3.46. The van der Waals surface area contributed by atoms with Gasteiger partial charge in [-0.3, -0.25) is 4.79 Å². The Morgan fingerprint density at radius 1 is 0.872 bits per heavy atom. The number of carbonyl (C=O) groups is 2. The predicted octanol–water partition coefficient (Wildman–Crippen LogP) is 4.03. The monoisotopic (exact) mass is 524 g/mol. The smallest absolute Gasteiger partial charge is 0.343 e. The molecule has 0 aromatic heterocycles. The van der Waals surface area contributed by atoms with Crippen LogP contribution in [-0.2, 0) is 10.4 Å². The van der Waals surface area contributed by atoms with E-state index in [1.165, 1.54) is 13.3 Å². The van der Waals surface area contributed by atoms with E-state index >= 15 is 0 Å². The molecule has 0 aliphatic carbocycles. The number of benzene rings is 4. The summed E-state index contributed by atoms with van der Waals surface area (Å²) in [5, 5.41) is 15.5. The zero-order valence-electron chi connectivity index (χ0n) is 20.9. The van der Waals surface area contributed by atoms with E-state index in [0.717, 1.165) is 0 Å². The van der Waals surface area contributed by atoms with Crippen LogP contribution < -0.4 is 24.4 Å². The number of hydrazone groups is 1. The fourth-order valence-corrected chi connectivity index (χ4v) is 4.07. The molecule has 196 valence electrons. The highest BCUT2D eigenvalue weighted by molar-refractivity contribution is 5.93. The summed E-state index contributed by atoms with van der Waals surface area (Å²) in [5.41, 5.74) is 2.12. The van der Waals surface area contributed by atoms with Crippen molar-refractivity contribution in [2.24, 2.45) is 5.10 Å². The number of esters is 1. The molecule has 0 unspecified atom stereocenters. The quantitative estimate of drug-likeness (QED) is 0.155. The van der Waals surface area contributed by atoms with Gasteiger partial charge in [0.15, 0.2) is 28.6 Å². The first-order valence-corrected chi connectivity index (χ1v) is 12.0. The standard InChI is InChI=1S/C30H24N2O7/c1-36-26-16-20(12-14-25(26)39-28(33)21-13-15-24-27(17-21)38-19-37-24)18-31-32-29(34)30(35,22-8-4-2-5-9-22)23-10-6-3-7-11-23/h2-18,35H,19H2,1H3,(H,32,34). The molecule has 1 aliphatic rings. The number of carbonyl (C=O) groups excluding carboxylic acids is 2. The third-order valence-corrected chi connectivity index (χ3v) is 6.09. The Bertz CT molecular complexity index is 1480. The van der Waals surface area contributed by atoms with E-state index in [1.807, 2.05) is 0 Å². The molecule has 0 saturated carbocycles. The molecule has 0 spiro atoms. The molecular formula is C30H24N2O7. The summed E-state index contributed by atoms with van der Waals surface area (Å²) in [4.78, 5) is 25.9. The lowest BCUT2D eigenvalue weighted by molar-refractivity contribution is -0.136. The fraction of sp³-hybridized carbons (Fsp3) is 0.100. The highest BCUT2D eigenvalue weighted by atomic mass is 16.7. The lowest BCUT2D eigenvalue weighted by Gasteiger charge is -2.27. The highest BCUT2D eigenvalue weighted by Gasteiger charge is 2.39. The van der Waals surface area contributed by atoms with Gasteiger partial charge in [-0.1, -0.05) is 60.7 Å². The van der Waals surface area contributed by atoms with Crippen molar-refractivity contribution in [2.75, 3.05) is 13.9 Å². The number of fused-ring (bicyclic) bond motifs is 1. The Morgan fingerprint density at radius 2 is 1.54 bits per heavy atom. The van der Waals surface area contributed by atoms with E-state index in [9.17, 15) is 14.7 Å². The van der Waals surface area contributed by atoms with Crippen LogP contribution in [0, 0.1) is 0 Å². The van der Waals surface area contributed by atoms with Crippen LogP contribution in [0.2, 0.25) is 0 Å². The third-order valence-electron chi connectivity index (χ3n) is 6.09. The molecule has 4 aromatic rings. The summed E-state index contributed by atoms with van der Waals surface area (Å²) in [7, 11) is 1.44. The molecule has 9 nitrogen and oxygen atoms in total. The van der Waals surface area contributed by atoms with Gasteiger partial charge in [0.25, 0.3) is 5.91 Å². The second kappa shape index (κ2) is 11.1. The zero-order chi connectivity index (χ0) is 27.2. The first-order chi connectivity index (χ1) is 19.0. The van der Waals surface area contributed by atoms with Gasteiger partial charge in [0.05, 0.1) is 18.9 Å². The van der Waals surface area contributed by atoms with Gasteiger partial charge in [0, 0.05) is 0 Å². The van der Waals surface area contributed by atoms with E-state index in [1.54, 1.807) is 97.1 Å². The first kappa shape index (κ1) is 25.5. The number of methoxy groups -OCH3 is 1. The second-order valence-corrected chi connectivity index (χ2v) is 8.51. The molecule has 5 rings (SSSR count). The van der Waals surface area contributed by atoms with E-state index in [4.69, 9.17) is 18.9 Å². The highest BCUT2D eigenvalue weighted by Crippen LogP contribution is 2.34. The van der Waals surface area contributed by atoms with Crippen LogP contribution in [0.3, 0.4) is 0 Å². The van der Waals surface area contributed by atoms with Crippen LogP contribution in [0.4, 0.5) is 0 Å². The molecule has 1 amide bonds. The third kappa shape index (κ3) is 5.29. The minimum atomic E-state index is -1.95. The van der Waals surface area contributed by atoms with E-state index in [-0.39, 0.29) is 18.3 Å². The zero-order valence-corrected chi connectivity index (χ0v) is 20.9. The predicted molar refractivity (Wildman–Crippen MR) is 142 cm³/mol. The van der Waals surface area contributed by atoms with Gasteiger partial charge in [-0.05, 0) is 53.1 Å². The molecule has 0 saturated heterocycles. The van der Waals surface area contributed by atoms with Crippen molar-refractivity contribution >= 4 is 18.1 Å². The Morgan fingerprint density at radius 3 is 2.21 bits per heavy atom. The van der Waals surface area contributed by atoms with E-state index in [0.29, 0.717) is 33.8 Å². The van der Waals surface area contributed by atoms with Gasteiger partial charge in [0.1, 0.15) is 0 Å². The molecule has 1 heterocycles. The van der Waals surface area contributed by atoms with Gasteiger partial charge in [-0.15, -0.1) is 0 Å². The average molecular weight is 525 g/mol. The summed E-state index contributed by atoms with van der Waals surface area (Å²) in [6.07, 6.45) is 1.39. The SMILES string of the molecule is COc1cc(C=NNC(=O)C(O)(c2ccccc2)c2ccccc2)ccc1OC(=O)c1ccc2c(c1)OCO2. The molecular weight excluding hydrogens is 500 g/mol. The minimum Gasteiger partial charge on any atom is -0.493 e. The molecule has 1 aliphatic heterocycles. The van der Waals surface area contributed by atoms with Crippen LogP contribution in [0.25, 0.3) is 0 Å². The maximum atomic E-state index is 13.2. The lowest BCUT2D eigenvalue weighted by Crippen LogP contribution is -2.43. The van der Waals surface area contributed by atoms with E-state index < -0.39 is 17.5 Å². The first-order valence-electron chi connectivity index (χ1n) is 12.0. The summed E-state index contributed by atoms with van der Waals surface area (Å²) in [6, 6.07) is 26.8. The minimum absolute atomic E-state index is 0.100. The maximum Gasteiger partial charge on any atom is 0.343 e. The Kier molecular flexibility index (Phi) is 7.24. The van der Waals surface area contributed by atoms with Crippen LogP contribution in [-0.4, -0.2) is 37.1 Å².